The maximum atomic E-state index is 11.1. The molecule has 0 aliphatic heterocycles. The van der Waals surface area contributed by atoms with Gasteiger partial charge in [0.05, 0.1) is 16.7 Å². The van der Waals surface area contributed by atoms with E-state index in [0.717, 1.165) is 0 Å². The molecule has 1 rings (SSSR count). The van der Waals surface area contributed by atoms with Crippen LogP contribution in [0.25, 0.3) is 0 Å². The van der Waals surface area contributed by atoms with Gasteiger partial charge in [-0.3, -0.25) is 4.79 Å². The summed E-state index contributed by atoms with van der Waals surface area (Å²) in [5.74, 6) is 5.50. The molecular weight excluding hydrogens is 246 g/mol. The molecule has 0 saturated carbocycles. The first kappa shape index (κ1) is 13.8. The lowest BCUT2D eigenvalue weighted by Gasteiger charge is -2.05. The van der Waals surface area contributed by atoms with Gasteiger partial charge in [0.15, 0.2) is 6.29 Å². The lowest BCUT2D eigenvalue weighted by molar-refractivity contribution is 0.112. The number of nitriles is 2. The molecule has 0 aliphatic carbocycles. The van der Waals surface area contributed by atoms with E-state index >= 15 is 0 Å². The van der Waals surface area contributed by atoms with Gasteiger partial charge in [-0.2, -0.15) is 10.5 Å². The highest BCUT2D eigenvalue weighted by Gasteiger charge is 2.14. The Morgan fingerprint density at radius 1 is 1.33 bits per heavy atom. The average molecular weight is 255 g/mol. The van der Waals surface area contributed by atoms with E-state index in [0.29, 0.717) is 24.8 Å². The van der Waals surface area contributed by atoms with Gasteiger partial charge in [-0.05, 0) is 6.07 Å². The van der Waals surface area contributed by atoms with Crippen molar-refractivity contribution < 1.29 is 4.79 Å². The summed E-state index contributed by atoms with van der Waals surface area (Å²) in [6, 6.07) is 5.18. The van der Waals surface area contributed by atoms with E-state index in [4.69, 9.17) is 16.3 Å². The van der Waals surface area contributed by atoms with Crippen LogP contribution in [0.3, 0.4) is 0 Å². The van der Waals surface area contributed by atoms with Gasteiger partial charge in [0.25, 0.3) is 0 Å². The minimum absolute atomic E-state index is 0.165. The molecule has 0 saturated heterocycles. The first-order chi connectivity index (χ1) is 8.69. The van der Waals surface area contributed by atoms with Crippen molar-refractivity contribution in [3.8, 4) is 24.0 Å². The van der Waals surface area contributed by atoms with Crippen LogP contribution in [0, 0.1) is 34.5 Å². The minimum Gasteiger partial charge on any atom is -0.330 e. The zero-order valence-electron chi connectivity index (χ0n) is 9.40. The minimum atomic E-state index is 0.165. The van der Waals surface area contributed by atoms with Crippen LogP contribution in [-0.2, 0) is 0 Å². The summed E-state index contributed by atoms with van der Waals surface area (Å²) < 4.78 is 0. The number of thiol groups is 1. The van der Waals surface area contributed by atoms with Crippen molar-refractivity contribution in [3.63, 3.8) is 0 Å². The molecule has 0 radical (unpaired) electrons. The van der Waals surface area contributed by atoms with E-state index in [9.17, 15) is 4.79 Å². The van der Waals surface area contributed by atoms with Gasteiger partial charge in [-0.1, -0.05) is 11.8 Å². The van der Waals surface area contributed by atoms with Crippen LogP contribution in [0.5, 0.6) is 0 Å². The lowest BCUT2D eigenvalue weighted by Crippen LogP contribution is -1.99. The zero-order chi connectivity index (χ0) is 13.5. The second-order valence-corrected chi connectivity index (χ2v) is 3.74. The Morgan fingerprint density at radius 3 is 2.50 bits per heavy atom. The molecule has 0 atom stereocenters. The summed E-state index contributed by atoms with van der Waals surface area (Å²) in [6.07, 6.45) is 1.02. The van der Waals surface area contributed by atoms with Crippen LogP contribution < -0.4 is 5.73 Å². The van der Waals surface area contributed by atoms with Crippen LogP contribution in [0.2, 0.25) is 0 Å². The lowest BCUT2D eigenvalue weighted by atomic mass is 9.99. The molecule has 0 spiro atoms. The number of nitrogens with zero attached hydrogens (tertiary/aromatic N) is 2. The smallest absolute Gasteiger partial charge is 0.152 e. The largest absolute Gasteiger partial charge is 0.330 e. The number of carbonyl (C=O) groups excluding carboxylic acids is 1. The summed E-state index contributed by atoms with van der Waals surface area (Å²) in [5.41, 5.74) is 6.15. The molecule has 0 aromatic heterocycles. The maximum absolute atomic E-state index is 11.1. The van der Waals surface area contributed by atoms with E-state index in [1.54, 1.807) is 0 Å². The molecule has 0 fully saturated rings. The van der Waals surface area contributed by atoms with E-state index in [1.807, 2.05) is 12.1 Å². The molecule has 0 aliphatic rings. The molecule has 2 N–H and O–H groups in total. The number of hydrogen-bond acceptors (Lipinski definition) is 5. The number of carbonyl (C=O) groups is 1. The molecule has 4 nitrogen and oxygen atoms in total. The van der Waals surface area contributed by atoms with Gasteiger partial charge in [-0.15, -0.1) is 12.6 Å². The van der Waals surface area contributed by atoms with Gasteiger partial charge < -0.3 is 5.73 Å². The number of benzene rings is 1. The number of rotatable bonds is 2. The molecule has 88 valence electrons. The molecule has 1 aromatic carbocycles. The molecule has 18 heavy (non-hydrogen) atoms. The van der Waals surface area contributed by atoms with Crippen molar-refractivity contribution >= 4 is 18.9 Å². The summed E-state index contributed by atoms with van der Waals surface area (Å²) in [7, 11) is 0. The van der Waals surface area contributed by atoms with E-state index < -0.39 is 0 Å². The molecular formula is C13H9N3OS. The van der Waals surface area contributed by atoms with Gasteiger partial charge in [0, 0.05) is 23.4 Å². The Balaban J connectivity index is 3.56. The number of nitrogens with two attached hydrogens (primary N) is 1. The second-order valence-electron chi connectivity index (χ2n) is 3.29. The number of aldehydes is 1. The second kappa shape index (κ2) is 6.47. The highest BCUT2D eigenvalue weighted by atomic mass is 32.1. The highest BCUT2D eigenvalue weighted by Crippen LogP contribution is 2.24. The summed E-state index contributed by atoms with van der Waals surface area (Å²) in [5, 5.41) is 17.9. The Kier molecular flexibility index (Phi) is 4.96. The molecule has 0 heterocycles. The third-order valence-electron chi connectivity index (χ3n) is 2.18. The van der Waals surface area contributed by atoms with Gasteiger partial charge in [-0.25, -0.2) is 0 Å². The van der Waals surface area contributed by atoms with Gasteiger partial charge >= 0.3 is 0 Å². The fourth-order valence-corrected chi connectivity index (χ4v) is 1.62. The van der Waals surface area contributed by atoms with Crippen molar-refractivity contribution in [1.29, 1.82) is 10.5 Å². The summed E-state index contributed by atoms with van der Waals surface area (Å²) in [4.78, 5) is 11.3. The van der Waals surface area contributed by atoms with Crippen molar-refractivity contribution in [1.82, 2.24) is 0 Å². The first-order valence-electron chi connectivity index (χ1n) is 5.03. The molecule has 0 bridgehead atoms. The Hall–Kier alpha value is -2.26. The fourth-order valence-electron chi connectivity index (χ4n) is 1.34. The van der Waals surface area contributed by atoms with Crippen molar-refractivity contribution in [3.05, 3.63) is 28.3 Å². The van der Waals surface area contributed by atoms with Crippen molar-refractivity contribution in [2.45, 2.75) is 11.3 Å². The predicted molar refractivity (Wildman–Crippen MR) is 69.1 cm³/mol. The van der Waals surface area contributed by atoms with Crippen molar-refractivity contribution in [2.75, 3.05) is 6.54 Å². The third kappa shape index (κ3) is 2.70. The molecule has 0 unspecified atom stereocenters. The quantitative estimate of drug-likeness (QED) is 0.472. The first-order valence-corrected chi connectivity index (χ1v) is 5.48. The van der Waals surface area contributed by atoms with E-state index in [1.165, 1.54) is 6.07 Å². The van der Waals surface area contributed by atoms with Crippen molar-refractivity contribution in [2.24, 2.45) is 5.73 Å². The van der Waals surface area contributed by atoms with Crippen LogP contribution >= 0.6 is 12.6 Å². The van der Waals surface area contributed by atoms with Crippen LogP contribution in [0.15, 0.2) is 11.0 Å². The van der Waals surface area contributed by atoms with E-state index in [2.05, 4.69) is 24.5 Å². The van der Waals surface area contributed by atoms with Crippen LogP contribution in [0.1, 0.15) is 33.5 Å². The Bertz CT molecular complexity index is 627. The normalized spacial score (nSPS) is 8.67. The van der Waals surface area contributed by atoms with Gasteiger partial charge in [0.1, 0.15) is 12.1 Å². The zero-order valence-corrected chi connectivity index (χ0v) is 10.3. The van der Waals surface area contributed by atoms with Gasteiger partial charge in [0.2, 0.25) is 0 Å². The SMILES string of the molecule is N#Cc1cc(C#N)c(C#CCCN)c(C=O)c1S. The summed E-state index contributed by atoms with van der Waals surface area (Å²) in [6.45, 7) is 0.398. The monoisotopic (exact) mass is 255 g/mol. The van der Waals surface area contributed by atoms with E-state index in [-0.39, 0.29) is 21.6 Å². The summed E-state index contributed by atoms with van der Waals surface area (Å²) >= 11 is 4.12. The average Bonchev–Trinajstić information content (AvgIpc) is 2.39. The van der Waals surface area contributed by atoms with Crippen LogP contribution in [-0.4, -0.2) is 12.8 Å². The molecule has 1 aromatic rings. The standard InChI is InChI=1S/C13H9N3OS/c14-4-2-1-3-11-9(6-15)5-10(7-16)13(18)12(11)8-17/h5,8,18H,2,4,14H2. The third-order valence-corrected chi connectivity index (χ3v) is 2.66. The molecule has 0 amide bonds. The topological polar surface area (TPSA) is 90.7 Å². The number of hydrogen-bond donors (Lipinski definition) is 2. The maximum Gasteiger partial charge on any atom is 0.152 e. The Labute approximate surface area is 110 Å². The fraction of sp³-hybridized carbons (Fsp3) is 0.154. The highest BCUT2D eigenvalue weighted by molar-refractivity contribution is 7.80. The van der Waals surface area contributed by atoms with Crippen LogP contribution in [0.4, 0.5) is 0 Å². The Morgan fingerprint density at radius 2 is 2.00 bits per heavy atom. The molecule has 5 heteroatoms. The predicted octanol–water partition coefficient (Wildman–Crippen LogP) is 1.23.